The Labute approximate surface area is 73.2 Å². The van der Waals surface area contributed by atoms with Gasteiger partial charge in [0.1, 0.15) is 0 Å². The summed E-state index contributed by atoms with van der Waals surface area (Å²) in [6, 6.07) is 0. The Bertz CT molecular complexity index is 84.9. The van der Waals surface area contributed by atoms with E-state index < -0.39 is 0 Å². The summed E-state index contributed by atoms with van der Waals surface area (Å²) in [5.74, 6) is 1.90. The number of rotatable bonds is 5. The van der Waals surface area contributed by atoms with E-state index >= 15 is 0 Å². The second-order valence-corrected chi connectivity index (χ2v) is 3.87. The van der Waals surface area contributed by atoms with Crippen molar-refractivity contribution in [2.75, 3.05) is 0 Å². The first kappa shape index (κ1) is 11.1. The molecule has 0 spiro atoms. The maximum absolute atomic E-state index is 6.04. The van der Waals surface area contributed by atoms with E-state index in [1.165, 1.54) is 19.3 Å². The van der Waals surface area contributed by atoms with E-state index in [-0.39, 0.29) is 0 Å². The zero-order valence-corrected chi connectivity index (χ0v) is 8.43. The van der Waals surface area contributed by atoms with Crippen LogP contribution in [-0.2, 0) is 0 Å². The van der Waals surface area contributed by atoms with Crippen molar-refractivity contribution in [3.05, 3.63) is 0 Å². The minimum absolute atomic E-state index is 0.421. The van der Waals surface area contributed by atoms with Gasteiger partial charge in [-0.2, -0.15) is 0 Å². The molecule has 1 unspecified atom stereocenters. The number of hydrogen-bond acceptors (Lipinski definition) is 0. The van der Waals surface area contributed by atoms with Crippen molar-refractivity contribution < 1.29 is 0 Å². The summed E-state index contributed by atoms with van der Waals surface area (Å²) in [4.78, 5) is 0. The van der Waals surface area contributed by atoms with E-state index in [1.54, 1.807) is 0 Å². The van der Waals surface area contributed by atoms with E-state index in [2.05, 4.69) is 27.7 Å². The summed E-state index contributed by atoms with van der Waals surface area (Å²) in [6.07, 6.45) is 3.63. The quantitative estimate of drug-likeness (QED) is 0.529. The largest absolute Gasteiger partial charge is 0.0744 e. The lowest BCUT2D eigenvalue weighted by Crippen LogP contribution is -2.10. The van der Waals surface area contributed by atoms with E-state index in [0.29, 0.717) is 5.82 Å². The molecular weight excluding hydrogens is 131 g/mol. The lowest BCUT2D eigenvalue weighted by molar-refractivity contribution is 0.404. The van der Waals surface area contributed by atoms with Gasteiger partial charge in [0.05, 0.1) is 7.85 Å². The lowest BCUT2D eigenvalue weighted by Gasteiger charge is -2.23. The predicted octanol–water partition coefficient (Wildman–Crippen LogP) is 3.43. The highest BCUT2D eigenvalue weighted by atomic mass is 14.2. The van der Waals surface area contributed by atoms with Crippen LogP contribution in [0.4, 0.5) is 0 Å². The topological polar surface area (TPSA) is 0 Å². The molecule has 11 heavy (non-hydrogen) atoms. The minimum atomic E-state index is 0.421. The molecule has 0 fully saturated rings. The van der Waals surface area contributed by atoms with Crippen LogP contribution in [-0.4, -0.2) is 7.85 Å². The summed E-state index contributed by atoms with van der Waals surface area (Å²) in [6.45, 7) is 8.94. The van der Waals surface area contributed by atoms with Gasteiger partial charge in [0.25, 0.3) is 0 Å². The maximum Gasteiger partial charge on any atom is 0.0703 e. The molecule has 0 saturated heterocycles. The van der Waals surface area contributed by atoms with E-state index in [0.717, 1.165) is 11.8 Å². The first-order chi connectivity index (χ1) is 5.11. The van der Waals surface area contributed by atoms with Crippen LogP contribution >= 0.6 is 0 Å². The summed E-state index contributed by atoms with van der Waals surface area (Å²) < 4.78 is 0. The third-order valence-corrected chi connectivity index (χ3v) is 2.40. The molecule has 0 N–H and O–H groups in total. The van der Waals surface area contributed by atoms with Crippen molar-refractivity contribution in [2.24, 2.45) is 11.8 Å². The lowest BCUT2D eigenvalue weighted by atomic mass is 9.70. The van der Waals surface area contributed by atoms with Crippen LogP contribution in [0.1, 0.15) is 47.0 Å². The molecule has 0 rings (SSSR count). The summed E-state index contributed by atoms with van der Waals surface area (Å²) in [5, 5.41) is 0. The molecule has 0 heterocycles. The Hall–Kier alpha value is 0.0649. The van der Waals surface area contributed by atoms with Gasteiger partial charge in [-0.15, -0.1) is 0 Å². The predicted molar refractivity (Wildman–Crippen MR) is 53.0 cm³/mol. The highest BCUT2D eigenvalue weighted by molar-refractivity contribution is 6.11. The van der Waals surface area contributed by atoms with Gasteiger partial charge in [0.15, 0.2) is 0 Å². The Kier molecular flexibility index (Phi) is 5.72. The summed E-state index contributed by atoms with van der Waals surface area (Å²) in [7, 11) is 6.04. The van der Waals surface area contributed by atoms with Crippen LogP contribution in [0, 0.1) is 11.8 Å². The standard InChI is InChI=1S/C10H21B/c1-5-9(6-2)10(11)7-8(3)4/h8-10H,5-7H2,1-4H3. The molecule has 0 aliphatic heterocycles. The fraction of sp³-hybridized carbons (Fsp3) is 1.00. The highest BCUT2D eigenvalue weighted by Crippen LogP contribution is 2.27. The van der Waals surface area contributed by atoms with Gasteiger partial charge in [0, 0.05) is 0 Å². The fourth-order valence-corrected chi connectivity index (χ4v) is 1.63. The first-order valence-corrected chi connectivity index (χ1v) is 4.87. The van der Waals surface area contributed by atoms with Crippen LogP contribution in [0.15, 0.2) is 0 Å². The SMILES string of the molecule is [B]C(CC(C)C)C(CC)CC. The van der Waals surface area contributed by atoms with Crippen LogP contribution in [0.2, 0.25) is 5.82 Å². The molecule has 0 aromatic heterocycles. The molecule has 0 aliphatic carbocycles. The summed E-state index contributed by atoms with van der Waals surface area (Å²) in [5.41, 5.74) is 0. The average Bonchev–Trinajstić information content (AvgIpc) is 1.88. The monoisotopic (exact) mass is 152 g/mol. The molecule has 0 aromatic rings. The molecule has 0 aliphatic rings. The fourth-order valence-electron chi connectivity index (χ4n) is 1.63. The van der Waals surface area contributed by atoms with Gasteiger partial charge < -0.3 is 0 Å². The zero-order chi connectivity index (χ0) is 8.85. The third-order valence-electron chi connectivity index (χ3n) is 2.40. The Morgan fingerprint density at radius 1 is 1.09 bits per heavy atom. The number of hydrogen-bond donors (Lipinski definition) is 0. The van der Waals surface area contributed by atoms with Gasteiger partial charge in [-0.25, -0.2) is 0 Å². The highest BCUT2D eigenvalue weighted by Gasteiger charge is 2.13. The zero-order valence-electron chi connectivity index (χ0n) is 8.43. The second kappa shape index (κ2) is 5.68. The molecule has 0 saturated carbocycles. The first-order valence-electron chi connectivity index (χ1n) is 4.87. The van der Waals surface area contributed by atoms with Crippen molar-refractivity contribution in [1.29, 1.82) is 0 Å². The molecule has 0 amide bonds. The molecule has 0 aromatic carbocycles. The van der Waals surface area contributed by atoms with Crippen LogP contribution in [0.25, 0.3) is 0 Å². The van der Waals surface area contributed by atoms with Crippen molar-refractivity contribution >= 4 is 7.85 Å². The molecule has 1 heteroatoms. The molecule has 64 valence electrons. The second-order valence-electron chi connectivity index (χ2n) is 3.87. The Balaban J connectivity index is 3.68. The summed E-state index contributed by atoms with van der Waals surface area (Å²) >= 11 is 0. The molecule has 2 radical (unpaired) electrons. The van der Waals surface area contributed by atoms with Crippen molar-refractivity contribution in [3.63, 3.8) is 0 Å². The van der Waals surface area contributed by atoms with E-state index in [9.17, 15) is 0 Å². The third kappa shape index (κ3) is 4.50. The molecule has 1 atom stereocenters. The van der Waals surface area contributed by atoms with Crippen LogP contribution in [0.5, 0.6) is 0 Å². The molecule has 0 nitrogen and oxygen atoms in total. The minimum Gasteiger partial charge on any atom is -0.0744 e. The van der Waals surface area contributed by atoms with Gasteiger partial charge in [-0.1, -0.05) is 52.8 Å². The van der Waals surface area contributed by atoms with Gasteiger partial charge in [-0.05, 0) is 11.8 Å². The normalized spacial score (nSPS) is 14.4. The average molecular weight is 152 g/mol. The van der Waals surface area contributed by atoms with Crippen LogP contribution in [0.3, 0.4) is 0 Å². The molecule has 0 bridgehead atoms. The molecular formula is C10H21B. The van der Waals surface area contributed by atoms with E-state index in [1.807, 2.05) is 0 Å². The Morgan fingerprint density at radius 2 is 1.55 bits per heavy atom. The maximum atomic E-state index is 6.04. The van der Waals surface area contributed by atoms with Crippen molar-refractivity contribution in [3.8, 4) is 0 Å². The van der Waals surface area contributed by atoms with Gasteiger partial charge >= 0.3 is 0 Å². The van der Waals surface area contributed by atoms with Gasteiger partial charge in [-0.3, -0.25) is 0 Å². The van der Waals surface area contributed by atoms with Crippen LogP contribution < -0.4 is 0 Å². The Morgan fingerprint density at radius 3 is 1.82 bits per heavy atom. The van der Waals surface area contributed by atoms with Crippen molar-refractivity contribution in [1.82, 2.24) is 0 Å². The van der Waals surface area contributed by atoms with E-state index in [4.69, 9.17) is 7.85 Å². The smallest absolute Gasteiger partial charge is 0.0703 e. The van der Waals surface area contributed by atoms with Crippen molar-refractivity contribution in [2.45, 2.75) is 52.8 Å². The van der Waals surface area contributed by atoms with Gasteiger partial charge in [0.2, 0.25) is 0 Å².